The Bertz CT molecular complexity index is 839. The summed E-state index contributed by atoms with van der Waals surface area (Å²) in [5.74, 6) is 0.246. The summed E-state index contributed by atoms with van der Waals surface area (Å²) in [6.45, 7) is 0. The second kappa shape index (κ2) is 5.55. The van der Waals surface area contributed by atoms with Gasteiger partial charge in [0, 0.05) is 23.7 Å². The average molecular weight is 276 g/mol. The van der Waals surface area contributed by atoms with Crippen LogP contribution in [0, 0.1) is 11.3 Å². The number of hydrogen-bond donors (Lipinski definition) is 0. The fourth-order valence-corrected chi connectivity index (χ4v) is 2.12. The molecule has 0 saturated carbocycles. The van der Waals surface area contributed by atoms with Gasteiger partial charge in [0.25, 0.3) is 5.88 Å². The van der Waals surface area contributed by atoms with Gasteiger partial charge in [0.1, 0.15) is 6.07 Å². The van der Waals surface area contributed by atoms with Gasteiger partial charge >= 0.3 is 0 Å². The number of aromatic nitrogens is 3. The van der Waals surface area contributed by atoms with E-state index in [-0.39, 0.29) is 11.6 Å². The molecule has 102 valence electrons. The lowest BCUT2D eigenvalue weighted by molar-refractivity contribution is 0.392. The van der Waals surface area contributed by atoms with Crippen molar-refractivity contribution in [1.29, 1.82) is 5.26 Å². The van der Waals surface area contributed by atoms with Crippen LogP contribution in [0.3, 0.4) is 0 Å². The van der Waals surface area contributed by atoms with Crippen LogP contribution in [0.15, 0.2) is 42.7 Å². The maximum Gasteiger partial charge on any atom is 0.251 e. The highest BCUT2D eigenvalue weighted by Gasteiger charge is 2.08. The Labute approximate surface area is 121 Å². The van der Waals surface area contributed by atoms with E-state index in [0.717, 1.165) is 16.5 Å². The minimum Gasteiger partial charge on any atom is -0.479 e. The fraction of sp³-hybridized carbons (Fsp3) is 0.125. The average Bonchev–Trinajstić information content (AvgIpc) is 2.54. The van der Waals surface area contributed by atoms with Gasteiger partial charge in [0.15, 0.2) is 0 Å². The van der Waals surface area contributed by atoms with E-state index in [4.69, 9.17) is 10.00 Å². The summed E-state index contributed by atoms with van der Waals surface area (Å²) in [6.07, 6.45) is 3.97. The molecule has 0 radical (unpaired) electrons. The van der Waals surface area contributed by atoms with E-state index in [1.54, 1.807) is 6.20 Å². The van der Waals surface area contributed by atoms with Crippen LogP contribution in [-0.2, 0) is 6.42 Å². The van der Waals surface area contributed by atoms with Crippen molar-refractivity contribution in [1.82, 2.24) is 15.0 Å². The van der Waals surface area contributed by atoms with Crippen LogP contribution in [0.1, 0.15) is 17.1 Å². The number of ether oxygens (including phenoxy) is 1. The number of fused-ring (bicyclic) bond motifs is 1. The fourth-order valence-electron chi connectivity index (χ4n) is 2.12. The van der Waals surface area contributed by atoms with E-state index in [2.05, 4.69) is 15.0 Å². The Morgan fingerprint density at radius 3 is 2.67 bits per heavy atom. The van der Waals surface area contributed by atoms with Crippen molar-refractivity contribution in [2.24, 2.45) is 0 Å². The van der Waals surface area contributed by atoms with Gasteiger partial charge in [-0.2, -0.15) is 5.26 Å². The first kappa shape index (κ1) is 13.0. The molecule has 0 saturated heterocycles. The Hall–Kier alpha value is -3.00. The maximum atomic E-state index is 8.90. The Balaban J connectivity index is 1.93. The molecular weight excluding hydrogens is 264 g/mol. The molecule has 0 aliphatic rings. The van der Waals surface area contributed by atoms with Gasteiger partial charge in [0.05, 0.1) is 19.0 Å². The van der Waals surface area contributed by atoms with E-state index in [1.807, 2.05) is 42.6 Å². The molecule has 21 heavy (non-hydrogen) atoms. The number of rotatable bonds is 3. The smallest absolute Gasteiger partial charge is 0.251 e. The predicted octanol–water partition coefficient (Wildman–Crippen LogP) is 2.50. The third-order valence-corrected chi connectivity index (χ3v) is 3.14. The third-order valence-electron chi connectivity index (χ3n) is 3.14. The number of nitriles is 1. The molecule has 0 unspecified atom stereocenters. The number of hydrogen-bond acceptors (Lipinski definition) is 5. The quantitative estimate of drug-likeness (QED) is 0.735. The SMILES string of the molecule is COc1nc(Cc2cc3ccccc3cn2)cnc1C#N. The molecule has 3 rings (SSSR count). The third kappa shape index (κ3) is 2.65. The summed E-state index contributed by atoms with van der Waals surface area (Å²) in [5.41, 5.74) is 1.80. The molecule has 5 heteroatoms. The van der Waals surface area contributed by atoms with Gasteiger partial charge in [-0.1, -0.05) is 24.3 Å². The molecule has 0 atom stereocenters. The molecule has 0 aliphatic heterocycles. The Morgan fingerprint density at radius 2 is 1.90 bits per heavy atom. The minimum atomic E-state index is 0.188. The molecule has 2 heterocycles. The molecule has 0 N–H and O–H groups in total. The van der Waals surface area contributed by atoms with Crippen LogP contribution in [-0.4, -0.2) is 22.1 Å². The monoisotopic (exact) mass is 276 g/mol. The molecule has 0 spiro atoms. The van der Waals surface area contributed by atoms with E-state index >= 15 is 0 Å². The summed E-state index contributed by atoms with van der Waals surface area (Å²) < 4.78 is 5.07. The molecule has 3 aromatic rings. The topological polar surface area (TPSA) is 71.7 Å². The van der Waals surface area contributed by atoms with E-state index in [1.165, 1.54) is 7.11 Å². The zero-order chi connectivity index (χ0) is 14.7. The molecule has 5 nitrogen and oxygen atoms in total. The van der Waals surface area contributed by atoms with Crippen LogP contribution < -0.4 is 4.74 Å². The Morgan fingerprint density at radius 1 is 1.10 bits per heavy atom. The van der Waals surface area contributed by atoms with Crippen molar-refractivity contribution in [3.05, 3.63) is 59.8 Å². The molecule has 0 amide bonds. The molecule has 0 aliphatic carbocycles. The largest absolute Gasteiger partial charge is 0.479 e. The molecular formula is C16H12N4O. The van der Waals surface area contributed by atoms with Crippen LogP contribution in [0.2, 0.25) is 0 Å². The predicted molar refractivity (Wildman–Crippen MR) is 77.8 cm³/mol. The van der Waals surface area contributed by atoms with Crippen molar-refractivity contribution in [3.8, 4) is 11.9 Å². The standard InChI is InChI=1S/C16H12N4O/c1-21-16-15(8-17)19-10-14(20-16)7-13-6-11-4-2-3-5-12(11)9-18-13/h2-6,9-10H,7H2,1H3. The number of benzene rings is 1. The van der Waals surface area contributed by atoms with Crippen molar-refractivity contribution < 1.29 is 4.74 Å². The molecule has 0 fully saturated rings. The van der Waals surface area contributed by atoms with Gasteiger partial charge in [-0.25, -0.2) is 9.97 Å². The van der Waals surface area contributed by atoms with Crippen LogP contribution >= 0.6 is 0 Å². The first-order valence-corrected chi connectivity index (χ1v) is 6.44. The molecule has 2 aromatic heterocycles. The lowest BCUT2D eigenvalue weighted by Gasteiger charge is -2.05. The second-order valence-electron chi connectivity index (χ2n) is 4.53. The van der Waals surface area contributed by atoms with Crippen LogP contribution in [0.4, 0.5) is 0 Å². The zero-order valence-corrected chi connectivity index (χ0v) is 11.4. The van der Waals surface area contributed by atoms with Gasteiger partial charge in [0.2, 0.25) is 5.69 Å². The van der Waals surface area contributed by atoms with Gasteiger partial charge < -0.3 is 4.74 Å². The zero-order valence-electron chi connectivity index (χ0n) is 11.4. The summed E-state index contributed by atoms with van der Waals surface area (Å²) in [5, 5.41) is 11.1. The molecule has 0 bridgehead atoms. The second-order valence-corrected chi connectivity index (χ2v) is 4.53. The minimum absolute atomic E-state index is 0.188. The normalized spacial score (nSPS) is 10.3. The summed E-state index contributed by atoms with van der Waals surface area (Å²) in [6, 6.07) is 12.0. The maximum absolute atomic E-state index is 8.90. The lowest BCUT2D eigenvalue weighted by atomic mass is 10.1. The first-order chi connectivity index (χ1) is 10.3. The van der Waals surface area contributed by atoms with Crippen molar-refractivity contribution in [2.45, 2.75) is 6.42 Å². The van der Waals surface area contributed by atoms with E-state index in [9.17, 15) is 0 Å². The van der Waals surface area contributed by atoms with Gasteiger partial charge in [-0.3, -0.25) is 4.98 Å². The van der Waals surface area contributed by atoms with Crippen molar-refractivity contribution in [3.63, 3.8) is 0 Å². The number of nitrogens with zero attached hydrogens (tertiary/aromatic N) is 4. The van der Waals surface area contributed by atoms with Crippen molar-refractivity contribution in [2.75, 3.05) is 7.11 Å². The first-order valence-electron chi connectivity index (χ1n) is 6.44. The molecule has 1 aromatic carbocycles. The highest BCUT2D eigenvalue weighted by atomic mass is 16.5. The number of methoxy groups -OCH3 is 1. The lowest BCUT2D eigenvalue weighted by Crippen LogP contribution is -2.01. The summed E-state index contributed by atoms with van der Waals surface area (Å²) in [7, 11) is 1.48. The van der Waals surface area contributed by atoms with Crippen LogP contribution in [0.5, 0.6) is 5.88 Å². The Kier molecular flexibility index (Phi) is 3.44. The highest BCUT2D eigenvalue weighted by Crippen LogP contribution is 2.17. The number of pyridine rings is 1. The van der Waals surface area contributed by atoms with E-state index in [0.29, 0.717) is 12.1 Å². The summed E-state index contributed by atoms with van der Waals surface area (Å²) >= 11 is 0. The van der Waals surface area contributed by atoms with E-state index < -0.39 is 0 Å². The van der Waals surface area contributed by atoms with Gasteiger partial charge in [-0.15, -0.1) is 0 Å². The van der Waals surface area contributed by atoms with Gasteiger partial charge in [-0.05, 0) is 11.5 Å². The summed E-state index contributed by atoms with van der Waals surface area (Å²) in [4.78, 5) is 12.8. The van der Waals surface area contributed by atoms with Crippen molar-refractivity contribution >= 4 is 10.8 Å². The van der Waals surface area contributed by atoms with Crippen LogP contribution in [0.25, 0.3) is 10.8 Å². The highest BCUT2D eigenvalue weighted by molar-refractivity contribution is 5.81.